The molecular weight excluding hydrogens is 294 g/mol. The van der Waals surface area contributed by atoms with Gasteiger partial charge in [-0.25, -0.2) is 9.97 Å². The van der Waals surface area contributed by atoms with Gasteiger partial charge in [-0.1, -0.05) is 17.7 Å². The van der Waals surface area contributed by atoms with Crippen LogP contribution in [0.25, 0.3) is 0 Å². The maximum atomic E-state index is 6.11. The molecule has 2 heterocycles. The van der Waals surface area contributed by atoms with Crippen LogP contribution in [0.15, 0.2) is 23.6 Å². The summed E-state index contributed by atoms with van der Waals surface area (Å²) in [6, 6.07) is 6.64. The fraction of sp³-hybridized carbons (Fsp3) is 0.429. The molecule has 0 spiro atoms. The molecule has 0 bridgehead atoms. The van der Waals surface area contributed by atoms with Crippen LogP contribution in [0.3, 0.4) is 0 Å². The fourth-order valence-corrected chi connectivity index (χ4v) is 3.04. The van der Waals surface area contributed by atoms with Gasteiger partial charge in [-0.15, -0.1) is 11.3 Å². The Morgan fingerprint density at radius 1 is 1.45 bits per heavy atom. The monoisotopic (exact) mass is 309 g/mol. The van der Waals surface area contributed by atoms with Gasteiger partial charge in [0.2, 0.25) is 0 Å². The van der Waals surface area contributed by atoms with Gasteiger partial charge >= 0.3 is 0 Å². The van der Waals surface area contributed by atoms with Crippen LogP contribution in [-0.2, 0) is 17.9 Å². The lowest BCUT2D eigenvalue weighted by Gasteiger charge is -2.23. The first-order chi connectivity index (χ1) is 9.76. The molecule has 0 saturated heterocycles. The molecule has 4 nitrogen and oxygen atoms in total. The number of rotatable bonds is 6. The van der Waals surface area contributed by atoms with Crippen LogP contribution >= 0.6 is 22.9 Å². The van der Waals surface area contributed by atoms with Crippen LogP contribution < -0.4 is 4.90 Å². The molecule has 1 saturated carbocycles. The highest BCUT2D eigenvalue weighted by molar-refractivity contribution is 7.09. The second-order valence-electron chi connectivity index (χ2n) is 4.84. The quantitative estimate of drug-likeness (QED) is 0.765. The van der Waals surface area contributed by atoms with Crippen molar-refractivity contribution in [3.8, 4) is 0 Å². The molecule has 0 amide bonds. The zero-order chi connectivity index (χ0) is 13.9. The number of thiophene rings is 1. The Balaban J connectivity index is 1.86. The molecule has 0 atom stereocenters. The summed E-state index contributed by atoms with van der Waals surface area (Å²) in [5.41, 5.74) is 0. The van der Waals surface area contributed by atoms with Crippen molar-refractivity contribution < 1.29 is 4.74 Å². The van der Waals surface area contributed by atoms with E-state index in [0.717, 1.165) is 12.4 Å². The molecule has 3 rings (SSSR count). The third-order valence-corrected chi connectivity index (χ3v) is 4.24. The van der Waals surface area contributed by atoms with Crippen LogP contribution in [0.5, 0.6) is 0 Å². The molecule has 0 N–H and O–H groups in total. The van der Waals surface area contributed by atoms with Gasteiger partial charge in [0.1, 0.15) is 17.6 Å². The van der Waals surface area contributed by atoms with Gasteiger partial charge in [-0.2, -0.15) is 0 Å². The number of hydrogen-bond donors (Lipinski definition) is 0. The fourth-order valence-electron chi connectivity index (χ4n) is 2.15. The summed E-state index contributed by atoms with van der Waals surface area (Å²) in [7, 11) is 1.63. The predicted octanol–water partition coefficient (Wildman–Crippen LogP) is 3.51. The highest BCUT2D eigenvalue weighted by Crippen LogP contribution is 2.33. The Bertz CT molecular complexity index is 572. The van der Waals surface area contributed by atoms with Crippen molar-refractivity contribution in [2.45, 2.75) is 32.0 Å². The standard InChI is InChI=1S/C14H16ClN3OS/c1-19-9-13-16-12(15)7-14(17-13)18(10-4-5-10)8-11-3-2-6-20-11/h2-3,6-7,10H,4-5,8-9H2,1H3. The van der Waals surface area contributed by atoms with Gasteiger partial charge in [-0.05, 0) is 24.3 Å². The molecular formula is C14H16ClN3OS. The number of aromatic nitrogens is 2. The topological polar surface area (TPSA) is 38.2 Å². The van der Waals surface area contributed by atoms with Crippen molar-refractivity contribution in [2.75, 3.05) is 12.0 Å². The van der Waals surface area contributed by atoms with E-state index in [-0.39, 0.29) is 0 Å². The van der Waals surface area contributed by atoms with E-state index in [1.807, 2.05) is 6.07 Å². The maximum absolute atomic E-state index is 6.11. The molecule has 0 aliphatic heterocycles. The summed E-state index contributed by atoms with van der Waals surface area (Å²) in [6.45, 7) is 1.26. The van der Waals surface area contributed by atoms with E-state index in [2.05, 4.69) is 32.4 Å². The minimum Gasteiger partial charge on any atom is -0.377 e. The molecule has 2 aromatic heterocycles. The Kier molecular flexibility index (Phi) is 4.19. The van der Waals surface area contributed by atoms with Gasteiger partial charge in [0.25, 0.3) is 0 Å². The number of anilines is 1. The maximum Gasteiger partial charge on any atom is 0.158 e. The molecule has 0 unspecified atom stereocenters. The number of nitrogens with zero attached hydrogens (tertiary/aromatic N) is 3. The van der Waals surface area contributed by atoms with E-state index < -0.39 is 0 Å². The van der Waals surface area contributed by atoms with Crippen LogP contribution in [0.1, 0.15) is 23.5 Å². The highest BCUT2D eigenvalue weighted by atomic mass is 35.5. The van der Waals surface area contributed by atoms with E-state index in [1.54, 1.807) is 18.4 Å². The molecule has 6 heteroatoms. The first kappa shape index (κ1) is 13.8. The predicted molar refractivity (Wildman–Crippen MR) is 81.3 cm³/mol. The van der Waals surface area contributed by atoms with Crippen molar-refractivity contribution in [3.05, 3.63) is 39.4 Å². The smallest absolute Gasteiger partial charge is 0.158 e. The molecule has 0 aromatic carbocycles. The zero-order valence-corrected chi connectivity index (χ0v) is 12.8. The van der Waals surface area contributed by atoms with E-state index in [9.17, 15) is 0 Å². The van der Waals surface area contributed by atoms with E-state index in [1.165, 1.54) is 17.7 Å². The average Bonchev–Trinajstić information content (AvgIpc) is 3.12. The lowest BCUT2D eigenvalue weighted by atomic mass is 10.3. The molecule has 1 aliphatic carbocycles. The summed E-state index contributed by atoms with van der Waals surface area (Å²) in [5, 5.41) is 2.57. The number of ether oxygens (including phenoxy) is 1. The third-order valence-electron chi connectivity index (χ3n) is 3.19. The Labute approximate surface area is 127 Å². The van der Waals surface area contributed by atoms with E-state index in [4.69, 9.17) is 16.3 Å². The zero-order valence-electron chi connectivity index (χ0n) is 11.3. The summed E-state index contributed by atoms with van der Waals surface area (Å²) >= 11 is 7.87. The van der Waals surface area contributed by atoms with E-state index >= 15 is 0 Å². The van der Waals surface area contributed by atoms with Crippen LogP contribution in [0.4, 0.5) is 5.82 Å². The molecule has 106 valence electrons. The van der Waals surface area contributed by atoms with Crippen molar-refractivity contribution >= 4 is 28.8 Å². The number of methoxy groups -OCH3 is 1. The van der Waals surface area contributed by atoms with Gasteiger partial charge in [-0.3, -0.25) is 0 Å². The second kappa shape index (κ2) is 6.08. The largest absolute Gasteiger partial charge is 0.377 e. The van der Waals surface area contributed by atoms with Crippen molar-refractivity contribution in [3.63, 3.8) is 0 Å². The summed E-state index contributed by atoms with van der Waals surface area (Å²) in [6.07, 6.45) is 2.43. The summed E-state index contributed by atoms with van der Waals surface area (Å²) in [4.78, 5) is 12.4. The minimum atomic E-state index is 0.380. The Hall–Kier alpha value is -1.17. The summed E-state index contributed by atoms with van der Waals surface area (Å²) in [5.74, 6) is 1.53. The lowest BCUT2D eigenvalue weighted by molar-refractivity contribution is 0.178. The number of halogens is 1. The van der Waals surface area contributed by atoms with E-state index in [0.29, 0.717) is 23.6 Å². The second-order valence-corrected chi connectivity index (χ2v) is 6.26. The average molecular weight is 310 g/mol. The molecule has 0 radical (unpaired) electrons. The van der Waals surface area contributed by atoms with Crippen molar-refractivity contribution in [1.29, 1.82) is 0 Å². The first-order valence-corrected chi connectivity index (χ1v) is 7.83. The van der Waals surface area contributed by atoms with Gasteiger partial charge < -0.3 is 9.64 Å². The van der Waals surface area contributed by atoms with Crippen LogP contribution in [0, 0.1) is 0 Å². The van der Waals surface area contributed by atoms with Crippen LogP contribution in [0.2, 0.25) is 5.15 Å². The summed E-state index contributed by atoms with van der Waals surface area (Å²) < 4.78 is 5.10. The molecule has 1 fully saturated rings. The SMILES string of the molecule is COCc1nc(Cl)cc(N(Cc2cccs2)C2CC2)n1. The highest BCUT2D eigenvalue weighted by Gasteiger charge is 2.30. The Morgan fingerprint density at radius 3 is 2.95 bits per heavy atom. The molecule has 2 aromatic rings. The Morgan fingerprint density at radius 2 is 2.30 bits per heavy atom. The third kappa shape index (κ3) is 3.29. The van der Waals surface area contributed by atoms with Gasteiger partial charge in [0.05, 0.1) is 6.54 Å². The van der Waals surface area contributed by atoms with Gasteiger partial charge in [0, 0.05) is 24.1 Å². The molecule has 20 heavy (non-hydrogen) atoms. The van der Waals surface area contributed by atoms with Gasteiger partial charge in [0.15, 0.2) is 5.82 Å². The first-order valence-electron chi connectivity index (χ1n) is 6.57. The minimum absolute atomic E-state index is 0.380. The lowest BCUT2D eigenvalue weighted by Crippen LogP contribution is -2.26. The van der Waals surface area contributed by atoms with Crippen molar-refractivity contribution in [1.82, 2.24) is 9.97 Å². The number of hydrogen-bond acceptors (Lipinski definition) is 5. The molecule has 1 aliphatic rings. The van der Waals surface area contributed by atoms with Crippen molar-refractivity contribution in [2.24, 2.45) is 0 Å². The normalized spacial score (nSPS) is 14.5. The van der Waals surface area contributed by atoms with Crippen LogP contribution in [-0.4, -0.2) is 23.1 Å².